The van der Waals surface area contributed by atoms with Gasteiger partial charge < -0.3 is 18.4 Å². The van der Waals surface area contributed by atoms with Gasteiger partial charge >= 0.3 is 0 Å². The fourth-order valence-electron chi connectivity index (χ4n) is 2.68. The SMILES string of the molecule is COCCO[P@](=Nc1cc([N+](=O)[O-])ccc1OC)(c1ccc(C)o1)C(C)(C)C. The number of rotatable bonds is 8. The highest BCUT2D eigenvalue weighted by atomic mass is 31.2. The van der Waals surface area contributed by atoms with Gasteiger partial charge in [0.25, 0.3) is 5.69 Å². The predicted octanol–water partition coefficient (Wildman–Crippen LogP) is 5.04. The van der Waals surface area contributed by atoms with E-state index in [1.807, 2.05) is 39.8 Å². The van der Waals surface area contributed by atoms with Crippen molar-refractivity contribution in [1.29, 1.82) is 0 Å². The highest BCUT2D eigenvalue weighted by Gasteiger charge is 2.40. The Morgan fingerprint density at radius 3 is 2.39 bits per heavy atom. The van der Waals surface area contributed by atoms with Gasteiger partial charge in [-0.1, -0.05) is 20.8 Å². The fraction of sp³-hybridized carbons (Fsp3) is 0.474. The summed E-state index contributed by atoms with van der Waals surface area (Å²) < 4.78 is 27.8. The van der Waals surface area contributed by atoms with E-state index in [2.05, 4.69) is 0 Å². The maximum Gasteiger partial charge on any atom is 0.271 e. The fourth-order valence-corrected chi connectivity index (χ4v) is 5.65. The Labute approximate surface area is 165 Å². The molecule has 0 saturated heterocycles. The van der Waals surface area contributed by atoms with E-state index in [1.165, 1.54) is 25.3 Å². The second kappa shape index (κ2) is 8.90. The Balaban J connectivity index is 2.80. The first-order chi connectivity index (χ1) is 13.1. The van der Waals surface area contributed by atoms with Crippen molar-refractivity contribution in [3.05, 3.63) is 46.2 Å². The molecular formula is C19H27N2O6P. The van der Waals surface area contributed by atoms with Crippen LogP contribution in [-0.2, 0) is 9.26 Å². The quantitative estimate of drug-likeness (QED) is 0.262. The zero-order chi connectivity index (χ0) is 20.9. The molecular weight excluding hydrogens is 383 g/mol. The lowest BCUT2D eigenvalue weighted by Gasteiger charge is -2.35. The van der Waals surface area contributed by atoms with Crippen molar-refractivity contribution < 1.29 is 23.3 Å². The number of hydrogen-bond donors (Lipinski definition) is 0. The highest BCUT2D eigenvalue weighted by molar-refractivity contribution is 7.70. The molecule has 28 heavy (non-hydrogen) atoms. The number of hydrogen-bond acceptors (Lipinski definition) is 7. The number of benzene rings is 1. The van der Waals surface area contributed by atoms with Crippen LogP contribution >= 0.6 is 7.28 Å². The Morgan fingerprint density at radius 2 is 1.89 bits per heavy atom. The molecule has 154 valence electrons. The van der Waals surface area contributed by atoms with E-state index in [1.54, 1.807) is 7.11 Å². The van der Waals surface area contributed by atoms with Gasteiger partial charge in [0.2, 0.25) is 0 Å². The molecule has 0 N–H and O–H groups in total. The number of methoxy groups -OCH3 is 2. The van der Waals surface area contributed by atoms with E-state index >= 15 is 0 Å². The van der Waals surface area contributed by atoms with E-state index in [4.69, 9.17) is 23.2 Å². The number of non-ortho nitro benzene ring substituents is 1. The molecule has 0 aliphatic rings. The number of ether oxygens (including phenoxy) is 2. The van der Waals surface area contributed by atoms with Gasteiger partial charge in [-0.25, -0.2) is 4.74 Å². The first-order valence-electron chi connectivity index (χ1n) is 8.80. The van der Waals surface area contributed by atoms with Crippen molar-refractivity contribution in [1.82, 2.24) is 0 Å². The van der Waals surface area contributed by atoms with Crippen LogP contribution in [0.2, 0.25) is 0 Å². The first kappa shape index (κ1) is 22.1. The summed E-state index contributed by atoms with van der Waals surface area (Å²) in [5.41, 5.74) is 0.896. The molecule has 1 heterocycles. The van der Waals surface area contributed by atoms with E-state index in [9.17, 15) is 10.1 Å². The van der Waals surface area contributed by atoms with E-state index in [0.717, 1.165) is 5.76 Å². The van der Waals surface area contributed by atoms with Crippen molar-refractivity contribution >= 4 is 24.2 Å². The van der Waals surface area contributed by atoms with Gasteiger partial charge in [-0.3, -0.25) is 10.1 Å². The third-order valence-corrected chi connectivity index (χ3v) is 7.83. The Kier molecular flexibility index (Phi) is 7.04. The predicted molar refractivity (Wildman–Crippen MR) is 109 cm³/mol. The van der Waals surface area contributed by atoms with Gasteiger partial charge in [0.05, 0.1) is 25.2 Å². The highest BCUT2D eigenvalue weighted by Crippen LogP contribution is 2.63. The normalized spacial score (nSPS) is 13.8. The molecule has 0 aliphatic heterocycles. The van der Waals surface area contributed by atoms with Crippen LogP contribution in [0.4, 0.5) is 11.4 Å². The second-order valence-electron chi connectivity index (χ2n) is 7.17. The number of nitro groups is 1. The molecule has 1 aromatic carbocycles. The molecule has 0 unspecified atom stereocenters. The molecule has 1 aromatic heterocycles. The van der Waals surface area contributed by atoms with Gasteiger partial charge in [-0.2, -0.15) is 0 Å². The van der Waals surface area contributed by atoms with Crippen molar-refractivity contribution in [2.24, 2.45) is 4.74 Å². The molecule has 0 amide bonds. The third-order valence-electron chi connectivity index (χ3n) is 4.12. The number of nitrogens with zero attached hydrogens (tertiary/aromatic N) is 2. The first-order valence-corrected chi connectivity index (χ1v) is 10.5. The van der Waals surface area contributed by atoms with Gasteiger partial charge in [0.1, 0.15) is 17.2 Å². The zero-order valence-corrected chi connectivity index (χ0v) is 18.0. The smallest absolute Gasteiger partial charge is 0.271 e. The van der Waals surface area contributed by atoms with Crippen molar-refractivity contribution in [3.63, 3.8) is 0 Å². The summed E-state index contributed by atoms with van der Waals surface area (Å²) >= 11 is 0. The monoisotopic (exact) mass is 410 g/mol. The van der Waals surface area contributed by atoms with Crippen molar-refractivity contribution in [2.45, 2.75) is 32.9 Å². The molecule has 0 radical (unpaired) electrons. The zero-order valence-electron chi connectivity index (χ0n) is 17.1. The molecule has 9 heteroatoms. The number of furan rings is 1. The molecule has 0 aliphatic carbocycles. The number of nitro benzene ring substituents is 1. The van der Waals surface area contributed by atoms with Gasteiger partial charge in [0.15, 0.2) is 12.8 Å². The maximum atomic E-state index is 11.3. The van der Waals surface area contributed by atoms with Crippen LogP contribution in [0, 0.1) is 17.0 Å². The molecule has 0 fully saturated rings. The summed E-state index contributed by atoms with van der Waals surface area (Å²) in [4.78, 5) is 10.8. The van der Waals surface area contributed by atoms with Crippen LogP contribution < -0.4 is 10.2 Å². The minimum atomic E-state index is -2.78. The molecule has 0 bridgehead atoms. The molecule has 1 atom stereocenters. The summed E-state index contributed by atoms with van der Waals surface area (Å²) in [6, 6.07) is 8.04. The minimum absolute atomic E-state index is 0.0703. The minimum Gasteiger partial charge on any atom is -0.494 e. The molecule has 0 saturated carbocycles. The van der Waals surface area contributed by atoms with Crippen molar-refractivity contribution in [3.8, 4) is 5.75 Å². The summed E-state index contributed by atoms with van der Waals surface area (Å²) in [6.45, 7) is 8.58. The maximum absolute atomic E-state index is 11.3. The van der Waals surface area contributed by atoms with Gasteiger partial charge in [-0.15, -0.1) is 0 Å². The van der Waals surface area contributed by atoms with Crippen LogP contribution in [0.3, 0.4) is 0 Å². The molecule has 8 nitrogen and oxygen atoms in total. The molecule has 2 rings (SSSR count). The summed E-state index contributed by atoms with van der Waals surface area (Å²) in [5.74, 6) is 1.16. The average Bonchev–Trinajstić information content (AvgIpc) is 3.06. The summed E-state index contributed by atoms with van der Waals surface area (Å²) in [5, 5.41) is 10.8. The topological polar surface area (TPSA) is 96.3 Å². The van der Waals surface area contributed by atoms with Crippen LogP contribution in [0.5, 0.6) is 5.75 Å². The summed E-state index contributed by atoms with van der Waals surface area (Å²) in [7, 11) is 0.318. The van der Waals surface area contributed by atoms with Gasteiger partial charge in [-0.05, 0) is 25.1 Å². The molecule has 0 spiro atoms. The standard InChI is InChI=1S/C19H27N2O6P/c1-14-7-10-18(27-14)28(19(2,3)4,26-12-11-24-5)20-16-13-15(21(22)23)8-9-17(16)25-6/h7-10,13H,11-12H2,1-6H3/t28-/m1/s1. The third kappa shape index (κ3) is 4.63. The lowest BCUT2D eigenvalue weighted by Crippen LogP contribution is -2.25. The summed E-state index contributed by atoms with van der Waals surface area (Å²) in [6.07, 6.45) is 0. The lowest BCUT2D eigenvalue weighted by atomic mass is 10.2. The molecule has 2 aromatic rings. The average molecular weight is 410 g/mol. The van der Waals surface area contributed by atoms with Crippen LogP contribution in [0.15, 0.2) is 39.5 Å². The lowest BCUT2D eigenvalue weighted by molar-refractivity contribution is -0.384. The largest absolute Gasteiger partial charge is 0.494 e. The van der Waals surface area contributed by atoms with Crippen molar-refractivity contribution in [2.75, 3.05) is 27.4 Å². The van der Waals surface area contributed by atoms with E-state index in [0.29, 0.717) is 30.2 Å². The van der Waals surface area contributed by atoms with Crippen LogP contribution in [0.25, 0.3) is 0 Å². The van der Waals surface area contributed by atoms with E-state index in [-0.39, 0.29) is 5.69 Å². The van der Waals surface area contributed by atoms with Crippen LogP contribution in [0.1, 0.15) is 26.5 Å². The van der Waals surface area contributed by atoms with E-state index < -0.39 is 17.4 Å². The number of aryl methyl sites for hydroxylation is 1. The Bertz CT molecular complexity index is 885. The Morgan fingerprint density at radius 1 is 1.18 bits per heavy atom. The Hall–Kier alpha value is -2.15. The van der Waals surface area contributed by atoms with Crippen LogP contribution in [-0.4, -0.2) is 37.5 Å². The second-order valence-corrected chi connectivity index (χ2v) is 10.6. The van der Waals surface area contributed by atoms with Gasteiger partial charge in [0, 0.05) is 24.4 Å².